The van der Waals surface area contributed by atoms with Gasteiger partial charge in [-0.25, -0.2) is 37.5 Å². The first-order valence-corrected chi connectivity index (χ1v) is 23.5. The zero-order valence-electron chi connectivity index (χ0n) is 35.7. The summed E-state index contributed by atoms with van der Waals surface area (Å²) in [4.78, 5) is 46.1. The van der Waals surface area contributed by atoms with Gasteiger partial charge in [0.25, 0.3) is 11.8 Å². The third-order valence-electron chi connectivity index (χ3n) is 9.73. The van der Waals surface area contributed by atoms with Crippen molar-refractivity contribution in [1.29, 1.82) is 0 Å². The Morgan fingerprint density at radius 3 is 1.81 bits per heavy atom. The van der Waals surface area contributed by atoms with E-state index >= 15 is 0 Å². The summed E-state index contributed by atoms with van der Waals surface area (Å²) in [6.45, 7) is 15.1. The van der Waals surface area contributed by atoms with Crippen LogP contribution in [-0.4, -0.2) is 87.6 Å². The summed E-state index contributed by atoms with van der Waals surface area (Å²) in [6.07, 6.45) is 6.12. The second-order valence-electron chi connectivity index (χ2n) is 16.7. The maximum atomic E-state index is 14.7. The number of hydrogen-bond donors (Lipinski definition) is 3. The van der Waals surface area contributed by atoms with E-state index in [4.69, 9.17) is 4.74 Å². The topological polar surface area (TPSA) is 175 Å². The molecule has 20 heteroatoms. The molecule has 0 fully saturated rings. The van der Waals surface area contributed by atoms with E-state index in [-0.39, 0.29) is 64.2 Å². The fraction of sp³-hybridized carbons (Fsp3) is 0.333. The number of aromatic amines is 1. The maximum Gasteiger partial charge on any atom is 0.255 e. The van der Waals surface area contributed by atoms with Crippen LogP contribution in [-0.2, 0) is 25.6 Å². The van der Waals surface area contributed by atoms with E-state index in [0.717, 1.165) is 18.2 Å². The fourth-order valence-electron chi connectivity index (χ4n) is 6.80. The monoisotopic (exact) mass is 870 g/mol. The van der Waals surface area contributed by atoms with Crippen molar-refractivity contribution in [3.8, 4) is 22.8 Å². The molecule has 2 aromatic carbocycles. The molecule has 0 radical (unpaired) electrons. The molecule has 3 N–H and O–H groups in total. The number of benzene rings is 2. The minimum absolute atomic E-state index is 0.0395. The molecule has 2 amide bonds. The van der Waals surface area contributed by atoms with Crippen LogP contribution in [0.1, 0.15) is 48.4 Å². The number of halogens is 4. The summed E-state index contributed by atoms with van der Waals surface area (Å²) in [5.74, 6) is -3.43. The van der Waals surface area contributed by atoms with Crippen LogP contribution >= 0.6 is 0 Å². The van der Waals surface area contributed by atoms with E-state index in [1.807, 2.05) is 27.7 Å². The third kappa shape index (κ3) is 8.91. The highest BCUT2D eigenvalue weighted by Gasteiger charge is 2.24. The van der Waals surface area contributed by atoms with Gasteiger partial charge in [0.2, 0.25) is 0 Å². The van der Waals surface area contributed by atoms with E-state index in [9.17, 15) is 27.2 Å². The molecule has 0 saturated carbocycles. The average molecular weight is 871 g/mol. The first kappa shape index (κ1) is 43.5. The molecule has 8 aromatic rings. The first-order chi connectivity index (χ1) is 29.3. The molecule has 6 aromatic heterocycles. The highest BCUT2D eigenvalue weighted by atomic mass is 28.3. The molecule has 0 aliphatic heterocycles. The van der Waals surface area contributed by atoms with Gasteiger partial charge in [-0.2, -0.15) is 10.2 Å². The number of fused-ring (bicyclic) bond motifs is 4. The van der Waals surface area contributed by atoms with Gasteiger partial charge in [0.15, 0.2) is 11.3 Å². The number of H-pyrrole nitrogens is 1. The van der Waals surface area contributed by atoms with Crippen LogP contribution < -0.4 is 10.6 Å². The molecule has 6 heterocycles. The molecule has 324 valence electrons. The molecule has 0 aliphatic rings. The summed E-state index contributed by atoms with van der Waals surface area (Å²) in [7, 11) is 1.95. The maximum absolute atomic E-state index is 14.7. The van der Waals surface area contributed by atoms with Gasteiger partial charge in [0, 0.05) is 65.4 Å². The zero-order valence-corrected chi connectivity index (χ0v) is 36.7. The molecule has 0 atom stereocenters. The quantitative estimate of drug-likeness (QED) is 0.0670. The predicted octanol–water partition coefficient (Wildman–Crippen LogP) is 7.64. The van der Waals surface area contributed by atoms with Gasteiger partial charge in [0.05, 0.1) is 45.3 Å². The van der Waals surface area contributed by atoms with Gasteiger partial charge in [0.1, 0.15) is 63.8 Å². The Labute approximate surface area is 353 Å². The number of nitrogens with one attached hydrogen (secondary N) is 3. The third-order valence-corrected chi connectivity index (χ3v) is 11.4. The molecule has 62 heavy (non-hydrogen) atoms. The molecule has 8 rings (SSSR count). The smallest absolute Gasteiger partial charge is 0.255 e. The number of hydrogen-bond acceptors (Lipinski definition) is 9. The highest BCUT2D eigenvalue weighted by Crippen LogP contribution is 2.32. The Kier molecular flexibility index (Phi) is 12.0. The number of carbonyl (C=O) groups excluding carboxylic acids is 2. The Hall–Kier alpha value is -6.54. The molecular formula is C42H46F4N12O3Si. The Balaban J connectivity index is 0.000000192. The van der Waals surface area contributed by atoms with Gasteiger partial charge < -0.3 is 24.9 Å². The lowest BCUT2D eigenvalue weighted by Gasteiger charge is -2.15. The Morgan fingerprint density at radius 2 is 1.27 bits per heavy atom. The number of ether oxygens (including phenoxy) is 1. The number of carbonyl (C=O) groups is 2. The lowest BCUT2D eigenvalue weighted by molar-refractivity contribution is 0.0890. The van der Waals surface area contributed by atoms with Crippen molar-refractivity contribution in [3.05, 3.63) is 83.4 Å². The van der Waals surface area contributed by atoms with Gasteiger partial charge in [-0.1, -0.05) is 19.6 Å². The minimum atomic E-state index is -1.24. The first-order valence-electron chi connectivity index (χ1n) is 19.8. The van der Waals surface area contributed by atoms with Crippen LogP contribution in [0.25, 0.3) is 66.9 Å². The molecule has 15 nitrogen and oxygen atoms in total. The summed E-state index contributed by atoms with van der Waals surface area (Å²) < 4.78 is 66.8. The van der Waals surface area contributed by atoms with Crippen molar-refractivity contribution in [2.45, 2.75) is 72.2 Å². The van der Waals surface area contributed by atoms with Crippen LogP contribution in [0.5, 0.6) is 0 Å². The lowest BCUT2D eigenvalue weighted by atomic mass is 10.1. The number of aromatic nitrogens is 10. The standard InChI is InChI=1S/C24H30F2N6O2Si.C18H16F2N6O/c1-14(2)28-24(33)16-12-32(13-34-7-8-35(4,5)6)23-21(16)29-18(11-27-23)22-20-17(26)9-15(25)10-19(20)31(3)30-22;1-8(2)23-18(27)10-6-21-17-15(10)24-12(7-22-17)16-14-11(20)4-9(19)5-13(14)26(3)25-16/h9-12,14H,7-8,13H2,1-6H3,(H,28,33);4-8H,1-3H3,(H,21,22)(H,23,27). The predicted molar refractivity (Wildman–Crippen MR) is 230 cm³/mol. The van der Waals surface area contributed by atoms with Crippen molar-refractivity contribution >= 4 is 64.0 Å². The van der Waals surface area contributed by atoms with Crippen molar-refractivity contribution in [2.24, 2.45) is 14.1 Å². The minimum Gasteiger partial charge on any atom is -0.361 e. The zero-order chi connectivity index (χ0) is 44.8. The van der Waals surface area contributed by atoms with E-state index in [1.165, 1.54) is 40.1 Å². The van der Waals surface area contributed by atoms with Crippen LogP contribution in [0.4, 0.5) is 17.6 Å². The summed E-state index contributed by atoms with van der Waals surface area (Å²) >= 11 is 0. The summed E-state index contributed by atoms with van der Waals surface area (Å²) in [6, 6.07) is 4.94. The normalized spacial score (nSPS) is 12.0. The van der Waals surface area contributed by atoms with Crippen molar-refractivity contribution in [2.75, 3.05) is 6.61 Å². The molecule has 0 bridgehead atoms. The number of nitrogens with zero attached hydrogens (tertiary/aromatic N) is 9. The summed E-state index contributed by atoms with van der Waals surface area (Å²) in [5.41, 5.74) is 3.91. The van der Waals surface area contributed by atoms with Crippen LogP contribution in [0, 0.1) is 23.3 Å². The van der Waals surface area contributed by atoms with Crippen molar-refractivity contribution in [1.82, 2.24) is 59.7 Å². The molecule has 0 aliphatic carbocycles. The van der Waals surface area contributed by atoms with Gasteiger partial charge in [-0.3, -0.25) is 19.0 Å². The van der Waals surface area contributed by atoms with E-state index in [1.54, 1.807) is 24.9 Å². The number of aryl methyl sites for hydroxylation is 2. The average Bonchev–Trinajstić information content (AvgIpc) is 3.94. The number of rotatable bonds is 11. The lowest BCUT2D eigenvalue weighted by Crippen LogP contribution is -2.30. The molecule has 0 saturated heterocycles. The van der Waals surface area contributed by atoms with Crippen LogP contribution in [0.3, 0.4) is 0 Å². The van der Waals surface area contributed by atoms with Crippen LogP contribution in [0.15, 0.2) is 49.1 Å². The Bertz CT molecular complexity index is 3000. The van der Waals surface area contributed by atoms with E-state index in [0.29, 0.717) is 51.1 Å². The van der Waals surface area contributed by atoms with E-state index in [2.05, 4.69) is 65.4 Å². The fourth-order valence-corrected chi connectivity index (χ4v) is 7.55. The molecule has 0 unspecified atom stereocenters. The van der Waals surface area contributed by atoms with Gasteiger partial charge in [-0.15, -0.1) is 0 Å². The van der Waals surface area contributed by atoms with Crippen molar-refractivity contribution < 1.29 is 31.9 Å². The number of amides is 2. The Morgan fingerprint density at radius 1 is 0.758 bits per heavy atom. The van der Waals surface area contributed by atoms with Gasteiger partial charge >= 0.3 is 0 Å². The highest BCUT2D eigenvalue weighted by molar-refractivity contribution is 6.76. The largest absolute Gasteiger partial charge is 0.361 e. The SMILES string of the molecule is CC(C)NC(=O)c1c[nH]c2ncc(-c3nn(C)c4cc(F)cc(F)c34)nc12.CC(C)NC(=O)c1cn(COCC[Si](C)(C)C)c2ncc(-c3nn(C)c4cc(F)cc(F)c34)nc12. The molecular weight excluding hydrogens is 825 g/mol. The van der Waals surface area contributed by atoms with Crippen molar-refractivity contribution in [3.63, 3.8) is 0 Å². The second kappa shape index (κ2) is 17.1. The van der Waals surface area contributed by atoms with E-state index < -0.39 is 31.3 Å². The molecule has 0 spiro atoms. The van der Waals surface area contributed by atoms with Crippen LogP contribution in [0.2, 0.25) is 25.7 Å². The second-order valence-corrected chi connectivity index (χ2v) is 22.3. The summed E-state index contributed by atoms with van der Waals surface area (Å²) in [5, 5.41) is 14.6. The van der Waals surface area contributed by atoms with Gasteiger partial charge in [-0.05, 0) is 45.9 Å².